The second kappa shape index (κ2) is 11.2. The molecule has 2 heterocycles. The molecule has 4 nitrogen and oxygen atoms in total. The van der Waals surface area contributed by atoms with Crippen LogP contribution in [0.3, 0.4) is 0 Å². The molecule has 3 aromatic carbocycles. The highest BCUT2D eigenvalue weighted by Gasteiger charge is 2.33. The highest BCUT2D eigenvalue weighted by molar-refractivity contribution is 7.99. The van der Waals surface area contributed by atoms with Crippen molar-refractivity contribution in [3.8, 4) is 17.2 Å². The number of likely N-dealkylation sites (tertiary alicyclic amines) is 1. The largest absolute Gasteiger partial charge is 0.508 e. The zero-order valence-corrected chi connectivity index (χ0v) is 20.2. The zero-order valence-electron chi connectivity index (χ0n) is 18.6. The monoisotopic (exact) mass is 483 g/mol. The van der Waals surface area contributed by atoms with E-state index in [1.807, 2.05) is 24.3 Å². The Morgan fingerprint density at radius 3 is 2.42 bits per heavy atom. The molecule has 0 spiro atoms. The fraction of sp³-hybridized carbons (Fsp3) is 0.333. The van der Waals surface area contributed by atoms with Crippen LogP contribution in [0.25, 0.3) is 0 Å². The van der Waals surface area contributed by atoms with Crippen LogP contribution in [-0.2, 0) is 0 Å². The van der Waals surface area contributed by atoms with E-state index in [2.05, 4.69) is 41.3 Å². The van der Waals surface area contributed by atoms with Crippen molar-refractivity contribution in [3.63, 3.8) is 0 Å². The van der Waals surface area contributed by atoms with Gasteiger partial charge in [-0.15, -0.1) is 24.2 Å². The van der Waals surface area contributed by atoms with Crippen LogP contribution in [0.1, 0.15) is 41.7 Å². The Labute approximate surface area is 206 Å². The van der Waals surface area contributed by atoms with Crippen LogP contribution >= 0.6 is 24.2 Å². The van der Waals surface area contributed by atoms with Crippen LogP contribution in [0.5, 0.6) is 17.2 Å². The number of ether oxygens (including phenoxy) is 2. The average Bonchev–Trinajstić information content (AvgIpc) is 2.85. The van der Waals surface area contributed by atoms with Gasteiger partial charge in [-0.25, -0.2) is 0 Å². The molecular formula is C27H30ClNO3S. The number of phenols is 1. The fourth-order valence-electron chi connectivity index (χ4n) is 4.44. The number of nitrogens with zero attached hydrogens (tertiary/aromatic N) is 1. The minimum absolute atomic E-state index is 0. The summed E-state index contributed by atoms with van der Waals surface area (Å²) in [6.07, 6.45) is 3.81. The average molecular weight is 484 g/mol. The van der Waals surface area contributed by atoms with Gasteiger partial charge < -0.3 is 14.6 Å². The number of rotatable bonds is 6. The van der Waals surface area contributed by atoms with Gasteiger partial charge >= 0.3 is 0 Å². The van der Waals surface area contributed by atoms with E-state index in [1.165, 1.54) is 37.9 Å². The number of benzene rings is 3. The quantitative estimate of drug-likeness (QED) is 0.425. The predicted octanol–water partition coefficient (Wildman–Crippen LogP) is 6.65. The summed E-state index contributed by atoms with van der Waals surface area (Å²) in [4.78, 5) is 3.54. The van der Waals surface area contributed by atoms with Crippen LogP contribution in [0, 0.1) is 0 Å². The van der Waals surface area contributed by atoms with E-state index >= 15 is 0 Å². The van der Waals surface area contributed by atoms with Crippen LogP contribution < -0.4 is 9.47 Å². The number of fused-ring (bicyclic) bond motifs is 1. The third-order valence-electron chi connectivity index (χ3n) is 6.17. The third kappa shape index (κ3) is 5.78. The summed E-state index contributed by atoms with van der Waals surface area (Å²) in [6.45, 7) is 4.09. The maximum atomic E-state index is 9.93. The number of hydrogen-bond acceptors (Lipinski definition) is 5. The van der Waals surface area contributed by atoms with Crippen molar-refractivity contribution in [1.82, 2.24) is 4.90 Å². The highest BCUT2D eigenvalue weighted by atomic mass is 35.5. The summed E-state index contributed by atoms with van der Waals surface area (Å²) >= 11 is 1.78. The minimum atomic E-state index is -0.154. The van der Waals surface area contributed by atoms with Gasteiger partial charge in [0.2, 0.25) is 0 Å². The third-order valence-corrected chi connectivity index (χ3v) is 7.54. The molecule has 33 heavy (non-hydrogen) atoms. The Kier molecular flexibility index (Phi) is 8.07. The summed E-state index contributed by atoms with van der Waals surface area (Å²) in [5.41, 5.74) is 2.33. The topological polar surface area (TPSA) is 41.9 Å². The van der Waals surface area contributed by atoms with Crippen molar-refractivity contribution in [2.45, 2.75) is 35.5 Å². The molecule has 0 amide bonds. The molecule has 0 aromatic heterocycles. The van der Waals surface area contributed by atoms with Gasteiger partial charge in [-0.2, -0.15) is 0 Å². The smallest absolute Gasteiger partial charge is 0.140 e. The van der Waals surface area contributed by atoms with Crippen molar-refractivity contribution in [2.24, 2.45) is 0 Å². The number of halogens is 1. The highest BCUT2D eigenvalue weighted by Crippen LogP contribution is 2.53. The molecule has 1 saturated heterocycles. The summed E-state index contributed by atoms with van der Waals surface area (Å²) in [6, 6.07) is 24.1. The molecule has 5 rings (SSSR count). The van der Waals surface area contributed by atoms with Crippen molar-refractivity contribution >= 4 is 24.2 Å². The molecule has 0 saturated carbocycles. The summed E-state index contributed by atoms with van der Waals surface area (Å²) < 4.78 is 12.5. The van der Waals surface area contributed by atoms with E-state index in [0.29, 0.717) is 6.61 Å². The first-order chi connectivity index (χ1) is 15.8. The molecule has 3 aromatic rings. The van der Waals surface area contributed by atoms with E-state index in [1.54, 1.807) is 23.9 Å². The predicted molar refractivity (Wildman–Crippen MR) is 136 cm³/mol. The maximum Gasteiger partial charge on any atom is 0.140 e. The summed E-state index contributed by atoms with van der Waals surface area (Å²) in [5.74, 6) is 1.84. The molecule has 1 N–H and O–H groups in total. The molecule has 174 valence electrons. The van der Waals surface area contributed by atoms with Gasteiger partial charge in [-0.1, -0.05) is 48.9 Å². The van der Waals surface area contributed by atoms with Gasteiger partial charge in [-0.3, -0.25) is 4.90 Å². The van der Waals surface area contributed by atoms with Gasteiger partial charge in [-0.05, 0) is 61.3 Å². The van der Waals surface area contributed by atoms with E-state index < -0.39 is 0 Å². The van der Waals surface area contributed by atoms with Crippen molar-refractivity contribution in [3.05, 3.63) is 83.9 Å². The lowest BCUT2D eigenvalue weighted by molar-refractivity contribution is 0.182. The lowest BCUT2D eigenvalue weighted by Crippen LogP contribution is -2.33. The molecular weight excluding hydrogens is 454 g/mol. The Hall–Kier alpha value is -2.34. The van der Waals surface area contributed by atoms with Gasteiger partial charge in [0.05, 0.1) is 10.1 Å². The minimum Gasteiger partial charge on any atom is -0.508 e. The molecule has 0 unspecified atom stereocenters. The van der Waals surface area contributed by atoms with Crippen molar-refractivity contribution in [2.75, 3.05) is 26.2 Å². The Morgan fingerprint density at radius 1 is 0.909 bits per heavy atom. The molecule has 1 fully saturated rings. The first-order valence-corrected chi connectivity index (χ1v) is 12.3. The number of aromatic hydroxyl groups is 1. The van der Waals surface area contributed by atoms with E-state index in [0.717, 1.165) is 28.5 Å². The maximum absolute atomic E-state index is 9.93. The second-order valence-corrected chi connectivity index (χ2v) is 9.62. The summed E-state index contributed by atoms with van der Waals surface area (Å²) in [5, 5.41) is 10.1. The Morgan fingerprint density at radius 2 is 1.67 bits per heavy atom. The van der Waals surface area contributed by atoms with E-state index in [4.69, 9.17) is 9.47 Å². The first-order valence-electron chi connectivity index (χ1n) is 11.4. The number of piperidine rings is 1. The standard InChI is InChI=1S/C27H29NO3S.ClH/c29-22-11-14-25-24(19-22)31-26(27(32-25)21-7-3-1-4-8-21)20-9-12-23(13-10-20)30-18-17-28-15-5-2-6-16-28;/h1,3-4,7-14,19,26-27,29H,2,5-6,15-18H2;1H/t26-,27+;/m0./s1. The zero-order chi connectivity index (χ0) is 21.8. The summed E-state index contributed by atoms with van der Waals surface area (Å²) in [7, 11) is 0. The normalized spacial score (nSPS) is 20.2. The Bertz CT molecular complexity index is 1030. The van der Waals surface area contributed by atoms with Gasteiger partial charge in [0.25, 0.3) is 0 Å². The second-order valence-electron chi connectivity index (χ2n) is 8.44. The van der Waals surface area contributed by atoms with Gasteiger partial charge in [0, 0.05) is 12.6 Å². The lowest BCUT2D eigenvalue weighted by atomic mass is 10.00. The van der Waals surface area contributed by atoms with Crippen LogP contribution in [-0.4, -0.2) is 36.2 Å². The van der Waals surface area contributed by atoms with Gasteiger partial charge in [0.1, 0.15) is 30.0 Å². The molecule has 0 bridgehead atoms. The van der Waals surface area contributed by atoms with Crippen LogP contribution in [0.2, 0.25) is 0 Å². The van der Waals surface area contributed by atoms with E-state index in [-0.39, 0.29) is 29.5 Å². The Balaban J connectivity index is 0.00000259. The SMILES string of the molecule is Cl.Oc1ccc2c(c1)O[C@@H](c1ccc(OCCN3CCCCC3)cc1)[C@@H](c1ccccc1)S2. The molecule has 6 heteroatoms. The first kappa shape index (κ1) is 23.8. The van der Waals surface area contributed by atoms with E-state index in [9.17, 15) is 5.11 Å². The number of hydrogen-bond donors (Lipinski definition) is 1. The number of phenolic OH excluding ortho intramolecular Hbond substituents is 1. The van der Waals surface area contributed by atoms with Crippen molar-refractivity contribution < 1.29 is 14.6 Å². The van der Waals surface area contributed by atoms with Crippen molar-refractivity contribution in [1.29, 1.82) is 0 Å². The lowest BCUT2D eigenvalue weighted by Gasteiger charge is -2.34. The molecule has 0 radical (unpaired) electrons. The van der Waals surface area contributed by atoms with Gasteiger partial charge in [0.15, 0.2) is 0 Å². The van der Waals surface area contributed by atoms with Crippen LogP contribution in [0.4, 0.5) is 0 Å². The molecule has 2 aliphatic heterocycles. The molecule has 2 aliphatic rings. The fourth-order valence-corrected chi connectivity index (χ4v) is 5.71. The van der Waals surface area contributed by atoms with Crippen LogP contribution in [0.15, 0.2) is 77.7 Å². The molecule has 0 aliphatic carbocycles. The number of thioether (sulfide) groups is 1. The molecule has 2 atom stereocenters.